The van der Waals surface area contributed by atoms with Gasteiger partial charge in [-0.2, -0.15) is 0 Å². The minimum absolute atomic E-state index is 0.0341. The van der Waals surface area contributed by atoms with Crippen LogP contribution in [0.15, 0.2) is 0 Å². The number of nitrogens with zero attached hydrogens (tertiary/aromatic N) is 1. The van der Waals surface area contributed by atoms with Gasteiger partial charge in [0.2, 0.25) is 0 Å². The van der Waals surface area contributed by atoms with Crippen LogP contribution in [0.25, 0.3) is 0 Å². The van der Waals surface area contributed by atoms with E-state index in [1.165, 1.54) is 212 Å². The van der Waals surface area contributed by atoms with Crippen molar-refractivity contribution in [3.63, 3.8) is 0 Å². The molecule has 0 radical (unpaired) electrons. The van der Waals surface area contributed by atoms with Crippen LogP contribution in [-0.2, 0) is 32.7 Å². The molecule has 0 heterocycles. The van der Waals surface area contributed by atoms with Gasteiger partial charge in [-0.15, -0.1) is 0 Å². The zero-order valence-electron chi connectivity index (χ0n) is 41.2. The van der Waals surface area contributed by atoms with E-state index in [4.69, 9.17) is 18.5 Å². The first-order chi connectivity index (χ1) is 29.5. The standard InChI is InChI=1S/C51H102NO8P/c1-6-8-9-10-11-12-13-14-15-16-17-18-19-20-21-22-23-24-25-26-27-28-29-30-31-32-33-34-35-36-37-38-39-40-41-42-44-50(53)57-47-49(60-51(54)43-7-2)48-59-61(55,56)58-46-45-52(3,4)5/h49H,6-48H2,1-5H3/p+1/t49-/m1/s1. The summed E-state index contributed by atoms with van der Waals surface area (Å²) in [5.74, 6) is -0.846. The van der Waals surface area contributed by atoms with E-state index in [-0.39, 0.29) is 25.6 Å². The summed E-state index contributed by atoms with van der Waals surface area (Å²) in [7, 11) is 1.49. The lowest BCUT2D eigenvalue weighted by atomic mass is 10.0. The molecule has 0 aliphatic heterocycles. The first-order valence-electron chi connectivity index (χ1n) is 26.3. The predicted molar refractivity (Wildman–Crippen MR) is 257 cm³/mol. The fraction of sp³-hybridized carbons (Fsp3) is 0.961. The first kappa shape index (κ1) is 60.0. The summed E-state index contributed by atoms with van der Waals surface area (Å²) >= 11 is 0. The topological polar surface area (TPSA) is 108 Å². The predicted octanol–water partition coefficient (Wildman–Crippen LogP) is 15.5. The molecule has 0 aromatic carbocycles. The number of quaternary nitrogens is 1. The number of esters is 2. The summed E-state index contributed by atoms with van der Waals surface area (Å²) in [6, 6.07) is 0. The Kier molecular flexibility index (Phi) is 43.5. The van der Waals surface area contributed by atoms with Crippen LogP contribution in [0.4, 0.5) is 0 Å². The van der Waals surface area contributed by atoms with Crippen molar-refractivity contribution in [3.8, 4) is 0 Å². The molecular formula is C51H103NO8P+. The molecule has 10 heteroatoms. The number of carbonyl (C=O) groups excluding carboxylic acids is 2. The molecule has 0 spiro atoms. The Bertz CT molecular complexity index is 1010. The highest BCUT2D eigenvalue weighted by Crippen LogP contribution is 2.43. The molecule has 0 saturated heterocycles. The summed E-state index contributed by atoms with van der Waals surface area (Å²) in [4.78, 5) is 34.4. The lowest BCUT2D eigenvalue weighted by molar-refractivity contribution is -0.870. The third-order valence-corrected chi connectivity index (χ3v) is 12.8. The molecule has 0 aromatic rings. The SMILES string of the molecule is CCCCCCCCCCCCCCCCCCCCCCCCCCCCCCCCCCCCCCC(=O)OC[C@H](COP(=O)(O)OCC[N+](C)(C)C)OC(=O)CCC. The quantitative estimate of drug-likeness (QED) is 0.0278. The van der Waals surface area contributed by atoms with Crippen molar-refractivity contribution in [2.45, 2.75) is 270 Å². The maximum absolute atomic E-state index is 12.3. The molecule has 364 valence electrons. The van der Waals surface area contributed by atoms with Crippen LogP contribution in [-0.4, -0.2) is 74.9 Å². The number of hydrogen-bond acceptors (Lipinski definition) is 7. The van der Waals surface area contributed by atoms with Gasteiger partial charge in [0.05, 0.1) is 27.7 Å². The molecule has 9 nitrogen and oxygen atoms in total. The molecule has 0 fully saturated rings. The van der Waals surface area contributed by atoms with Crippen molar-refractivity contribution >= 4 is 19.8 Å². The first-order valence-corrected chi connectivity index (χ1v) is 27.8. The number of carbonyl (C=O) groups is 2. The van der Waals surface area contributed by atoms with Crippen LogP contribution in [0.2, 0.25) is 0 Å². The number of ether oxygens (including phenoxy) is 2. The normalized spacial score (nSPS) is 13.3. The van der Waals surface area contributed by atoms with E-state index in [0.29, 0.717) is 23.9 Å². The van der Waals surface area contributed by atoms with E-state index in [2.05, 4.69) is 6.92 Å². The zero-order valence-corrected chi connectivity index (χ0v) is 42.1. The highest BCUT2D eigenvalue weighted by molar-refractivity contribution is 7.47. The molecule has 0 saturated carbocycles. The second-order valence-corrected chi connectivity index (χ2v) is 20.7. The maximum Gasteiger partial charge on any atom is 0.472 e. The summed E-state index contributed by atoms with van der Waals surface area (Å²) in [5, 5.41) is 0. The lowest BCUT2D eigenvalue weighted by Crippen LogP contribution is -2.37. The molecule has 0 aliphatic rings. The minimum Gasteiger partial charge on any atom is -0.462 e. The van der Waals surface area contributed by atoms with Gasteiger partial charge >= 0.3 is 19.8 Å². The highest BCUT2D eigenvalue weighted by Gasteiger charge is 2.27. The van der Waals surface area contributed by atoms with Crippen molar-refractivity contribution in [2.24, 2.45) is 0 Å². The fourth-order valence-corrected chi connectivity index (χ4v) is 8.56. The maximum atomic E-state index is 12.3. The molecular weight excluding hydrogens is 786 g/mol. The smallest absolute Gasteiger partial charge is 0.462 e. The Hall–Kier alpha value is -0.990. The average molecular weight is 889 g/mol. The summed E-state index contributed by atoms with van der Waals surface area (Å²) in [6.45, 7) is 4.07. The van der Waals surface area contributed by atoms with Crippen LogP contribution in [0.3, 0.4) is 0 Å². The molecule has 0 bridgehead atoms. The third kappa shape index (κ3) is 48.3. The summed E-state index contributed by atoms with van der Waals surface area (Å²) < 4.78 is 33.6. The van der Waals surface area contributed by atoms with Crippen molar-refractivity contribution in [2.75, 3.05) is 47.5 Å². The number of rotatable bonds is 49. The Labute approximate surface area is 378 Å². The van der Waals surface area contributed by atoms with Gasteiger partial charge in [-0.25, -0.2) is 4.57 Å². The van der Waals surface area contributed by atoms with Crippen LogP contribution in [0.5, 0.6) is 0 Å². The van der Waals surface area contributed by atoms with Crippen LogP contribution >= 0.6 is 7.82 Å². The second kappa shape index (κ2) is 44.2. The molecule has 1 N–H and O–H groups in total. The Morgan fingerprint density at radius 2 is 0.770 bits per heavy atom. The van der Waals surface area contributed by atoms with Gasteiger partial charge in [0.1, 0.15) is 19.8 Å². The molecule has 0 aromatic heterocycles. The number of phosphoric acid groups is 1. The monoisotopic (exact) mass is 889 g/mol. The third-order valence-electron chi connectivity index (χ3n) is 11.9. The number of phosphoric ester groups is 1. The van der Waals surface area contributed by atoms with Crippen LogP contribution < -0.4 is 0 Å². The number of unbranched alkanes of at least 4 members (excludes halogenated alkanes) is 35. The molecule has 2 atom stereocenters. The molecule has 0 amide bonds. The molecule has 0 aliphatic carbocycles. The molecule has 1 unspecified atom stereocenters. The van der Waals surface area contributed by atoms with E-state index in [0.717, 1.165) is 19.3 Å². The Morgan fingerprint density at radius 3 is 1.08 bits per heavy atom. The molecule has 61 heavy (non-hydrogen) atoms. The van der Waals surface area contributed by atoms with Gasteiger partial charge in [0, 0.05) is 12.8 Å². The van der Waals surface area contributed by atoms with Crippen molar-refractivity contribution < 1.29 is 42.1 Å². The minimum atomic E-state index is -4.34. The number of hydrogen-bond donors (Lipinski definition) is 1. The van der Waals surface area contributed by atoms with Gasteiger partial charge in [0.15, 0.2) is 6.10 Å². The van der Waals surface area contributed by atoms with E-state index >= 15 is 0 Å². The number of likely N-dealkylation sites (N-methyl/N-ethyl adjacent to an activating group) is 1. The summed E-state index contributed by atoms with van der Waals surface area (Å²) in [6.07, 6.45) is 49.7. The van der Waals surface area contributed by atoms with E-state index in [1.54, 1.807) is 0 Å². The van der Waals surface area contributed by atoms with Crippen LogP contribution in [0, 0.1) is 0 Å². The van der Waals surface area contributed by atoms with Gasteiger partial charge in [0.25, 0.3) is 0 Å². The van der Waals surface area contributed by atoms with E-state index < -0.39 is 26.5 Å². The molecule has 0 rings (SSSR count). The van der Waals surface area contributed by atoms with Crippen molar-refractivity contribution in [1.82, 2.24) is 0 Å². The van der Waals surface area contributed by atoms with Gasteiger partial charge in [-0.1, -0.05) is 239 Å². The summed E-state index contributed by atoms with van der Waals surface area (Å²) in [5.41, 5.74) is 0. The van der Waals surface area contributed by atoms with E-state index in [9.17, 15) is 19.0 Å². The van der Waals surface area contributed by atoms with Crippen LogP contribution in [0.1, 0.15) is 264 Å². The largest absolute Gasteiger partial charge is 0.472 e. The van der Waals surface area contributed by atoms with E-state index in [1.807, 2.05) is 28.1 Å². The van der Waals surface area contributed by atoms with Crippen molar-refractivity contribution in [1.29, 1.82) is 0 Å². The van der Waals surface area contributed by atoms with Gasteiger partial charge < -0.3 is 18.9 Å². The van der Waals surface area contributed by atoms with Crippen molar-refractivity contribution in [3.05, 3.63) is 0 Å². The van der Waals surface area contributed by atoms with Gasteiger partial charge in [-0.05, 0) is 12.8 Å². The Balaban J connectivity index is 3.52. The fourth-order valence-electron chi connectivity index (χ4n) is 7.82. The Morgan fingerprint density at radius 1 is 0.443 bits per heavy atom. The second-order valence-electron chi connectivity index (χ2n) is 19.3. The average Bonchev–Trinajstić information content (AvgIpc) is 3.21. The highest BCUT2D eigenvalue weighted by atomic mass is 31.2. The van der Waals surface area contributed by atoms with Gasteiger partial charge in [-0.3, -0.25) is 18.6 Å². The zero-order chi connectivity index (χ0) is 45.0. The lowest BCUT2D eigenvalue weighted by Gasteiger charge is -2.24.